The predicted octanol–water partition coefficient (Wildman–Crippen LogP) is 2.36. The first-order valence-corrected chi connectivity index (χ1v) is 7.50. The summed E-state index contributed by atoms with van der Waals surface area (Å²) in [4.78, 5) is 23.6. The van der Waals surface area contributed by atoms with Gasteiger partial charge in [-0.05, 0) is 48.4 Å². The van der Waals surface area contributed by atoms with Gasteiger partial charge in [-0.3, -0.25) is 9.59 Å². The standard InChI is InChI=1S/C18H18F2N2O2/c1-12-8-14(11-16(20)9-12)18(24)22-7-6-21-17(23)10-13-2-4-15(19)5-3-13/h2-5,8-9,11H,6-7,10H2,1H3,(H,21,23)(H,22,24). The maximum atomic E-state index is 13.3. The largest absolute Gasteiger partial charge is 0.354 e. The molecule has 2 N–H and O–H groups in total. The summed E-state index contributed by atoms with van der Waals surface area (Å²) in [6.07, 6.45) is 0.136. The molecule has 126 valence electrons. The van der Waals surface area contributed by atoms with Gasteiger partial charge in [-0.1, -0.05) is 12.1 Å². The van der Waals surface area contributed by atoms with Crippen molar-refractivity contribution in [2.45, 2.75) is 13.3 Å². The van der Waals surface area contributed by atoms with Gasteiger partial charge >= 0.3 is 0 Å². The van der Waals surface area contributed by atoms with Crippen molar-refractivity contribution in [1.82, 2.24) is 10.6 Å². The third-order valence-electron chi connectivity index (χ3n) is 3.31. The number of hydrogen-bond acceptors (Lipinski definition) is 2. The highest BCUT2D eigenvalue weighted by Crippen LogP contribution is 2.08. The summed E-state index contributed by atoms with van der Waals surface area (Å²) >= 11 is 0. The molecule has 4 nitrogen and oxygen atoms in total. The van der Waals surface area contributed by atoms with E-state index >= 15 is 0 Å². The molecule has 0 aliphatic carbocycles. The molecule has 2 rings (SSSR count). The summed E-state index contributed by atoms with van der Waals surface area (Å²) in [5.74, 6) is -1.44. The summed E-state index contributed by atoms with van der Waals surface area (Å²) in [6.45, 7) is 2.18. The first kappa shape index (κ1) is 17.6. The smallest absolute Gasteiger partial charge is 0.251 e. The molecule has 24 heavy (non-hydrogen) atoms. The van der Waals surface area contributed by atoms with Crippen molar-refractivity contribution in [2.75, 3.05) is 13.1 Å². The van der Waals surface area contributed by atoms with Crippen LogP contribution in [0, 0.1) is 18.6 Å². The number of carbonyl (C=O) groups is 2. The van der Waals surface area contributed by atoms with Gasteiger partial charge in [-0.2, -0.15) is 0 Å². The number of rotatable bonds is 6. The monoisotopic (exact) mass is 332 g/mol. The molecule has 0 atom stereocenters. The minimum atomic E-state index is -0.465. The molecule has 0 bridgehead atoms. The zero-order valence-corrected chi connectivity index (χ0v) is 13.2. The zero-order valence-electron chi connectivity index (χ0n) is 13.2. The molecule has 0 aromatic heterocycles. The third kappa shape index (κ3) is 5.46. The van der Waals surface area contributed by atoms with Gasteiger partial charge in [0, 0.05) is 18.7 Å². The molecule has 0 fully saturated rings. The summed E-state index contributed by atoms with van der Waals surface area (Å²) in [5.41, 5.74) is 1.60. The number of benzene rings is 2. The Hall–Kier alpha value is -2.76. The van der Waals surface area contributed by atoms with Gasteiger partial charge in [-0.15, -0.1) is 0 Å². The van der Waals surface area contributed by atoms with Crippen molar-refractivity contribution >= 4 is 11.8 Å². The van der Waals surface area contributed by atoms with Gasteiger partial charge in [-0.25, -0.2) is 8.78 Å². The second kappa shape index (κ2) is 8.19. The molecule has 0 aliphatic rings. The number of halogens is 2. The molecular weight excluding hydrogens is 314 g/mol. The van der Waals surface area contributed by atoms with Crippen LogP contribution < -0.4 is 10.6 Å². The molecule has 0 saturated carbocycles. The average molecular weight is 332 g/mol. The highest BCUT2D eigenvalue weighted by atomic mass is 19.1. The van der Waals surface area contributed by atoms with Crippen LogP contribution in [0.1, 0.15) is 21.5 Å². The Balaban J connectivity index is 1.73. The Morgan fingerprint density at radius 3 is 2.25 bits per heavy atom. The van der Waals surface area contributed by atoms with Gasteiger partial charge in [0.15, 0.2) is 0 Å². The van der Waals surface area contributed by atoms with Crippen LogP contribution in [-0.4, -0.2) is 24.9 Å². The molecule has 0 spiro atoms. The first-order chi connectivity index (χ1) is 11.4. The van der Waals surface area contributed by atoms with Crippen molar-refractivity contribution < 1.29 is 18.4 Å². The van der Waals surface area contributed by atoms with Gasteiger partial charge < -0.3 is 10.6 Å². The van der Waals surface area contributed by atoms with Crippen molar-refractivity contribution in [3.63, 3.8) is 0 Å². The summed E-state index contributed by atoms with van der Waals surface area (Å²) < 4.78 is 26.0. The van der Waals surface area contributed by atoms with Gasteiger partial charge in [0.05, 0.1) is 6.42 Å². The fourth-order valence-corrected chi connectivity index (χ4v) is 2.20. The van der Waals surface area contributed by atoms with Gasteiger partial charge in [0.2, 0.25) is 5.91 Å². The van der Waals surface area contributed by atoms with E-state index in [1.807, 2.05) is 0 Å². The van der Waals surface area contributed by atoms with Crippen LogP contribution in [0.3, 0.4) is 0 Å². The van der Waals surface area contributed by atoms with Crippen LogP contribution in [0.15, 0.2) is 42.5 Å². The number of carbonyl (C=O) groups excluding carboxylic acids is 2. The highest BCUT2D eigenvalue weighted by Gasteiger charge is 2.08. The lowest BCUT2D eigenvalue weighted by atomic mass is 10.1. The molecule has 0 saturated heterocycles. The van der Waals surface area contributed by atoms with E-state index < -0.39 is 11.7 Å². The van der Waals surface area contributed by atoms with Crippen molar-refractivity contribution in [3.8, 4) is 0 Å². The SMILES string of the molecule is Cc1cc(F)cc(C(=O)NCCNC(=O)Cc2ccc(F)cc2)c1. The zero-order chi connectivity index (χ0) is 17.5. The second-order valence-electron chi connectivity index (χ2n) is 5.43. The number of hydrogen-bond donors (Lipinski definition) is 2. The van der Waals surface area contributed by atoms with Crippen LogP contribution in [0.25, 0.3) is 0 Å². The maximum Gasteiger partial charge on any atom is 0.251 e. The van der Waals surface area contributed by atoms with E-state index in [0.29, 0.717) is 11.1 Å². The van der Waals surface area contributed by atoms with Gasteiger partial charge in [0.1, 0.15) is 11.6 Å². The van der Waals surface area contributed by atoms with Crippen LogP contribution in [0.5, 0.6) is 0 Å². The topological polar surface area (TPSA) is 58.2 Å². The van der Waals surface area contributed by atoms with E-state index in [4.69, 9.17) is 0 Å². The Kier molecular flexibility index (Phi) is 6.01. The van der Waals surface area contributed by atoms with Crippen molar-refractivity contribution in [2.24, 2.45) is 0 Å². The minimum Gasteiger partial charge on any atom is -0.354 e. The highest BCUT2D eigenvalue weighted by molar-refractivity contribution is 5.94. The fraction of sp³-hybridized carbons (Fsp3) is 0.222. The molecule has 2 aromatic rings. The third-order valence-corrected chi connectivity index (χ3v) is 3.31. The van der Waals surface area contributed by atoms with Crippen LogP contribution in [0.4, 0.5) is 8.78 Å². The molecule has 6 heteroatoms. The molecule has 2 amide bonds. The van der Waals surface area contributed by atoms with Crippen LogP contribution in [-0.2, 0) is 11.2 Å². The predicted molar refractivity (Wildman–Crippen MR) is 86.6 cm³/mol. The van der Waals surface area contributed by atoms with E-state index in [2.05, 4.69) is 10.6 Å². The van der Waals surface area contributed by atoms with Crippen molar-refractivity contribution in [3.05, 3.63) is 70.8 Å². The van der Waals surface area contributed by atoms with Crippen molar-refractivity contribution in [1.29, 1.82) is 0 Å². The normalized spacial score (nSPS) is 10.3. The lowest BCUT2D eigenvalue weighted by Gasteiger charge is -2.08. The Bertz CT molecular complexity index is 710. The molecule has 0 radical (unpaired) electrons. The number of nitrogens with one attached hydrogen (secondary N) is 2. The van der Waals surface area contributed by atoms with Crippen LogP contribution in [0.2, 0.25) is 0 Å². The fourth-order valence-electron chi connectivity index (χ4n) is 2.20. The first-order valence-electron chi connectivity index (χ1n) is 7.50. The van der Waals surface area contributed by atoms with E-state index in [9.17, 15) is 18.4 Å². The lowest BCUT2D eigenvalue weighted by Crippen LogP contribution is -2.35. The Morgan fingerprint density at radius 1 is 0.917 bits per heavy atom. The lowest BCUT2D eigenvalue weighted by molar-refractivity contribution is -0.120. The van der Waals surface area contributed by atoms with Crippen LogP contribution >= 0.6 is 0 Å². The average Bonchev–Trinajstić information content (AvgIpc) is 2.52. The summed E-state index contributed by atoms with van der Waals surface area (Å²) in [5, 5.41) is 5.26. The molecule has 2 aromatic carbocycles. The molecule has 0 heterocycles. The Labute approximate surface area is 138 Å². The quantitative estimate of drug-likeness (QED) is 0.798. The van der Waals surface area contributed by atoms with E-state index in [-0.39, 0.29) is 36.8 Å². The van der Waals surface area contributed by atoms with Gasteiger partial charge in [0.25, 0.3) is 5.91 Å². The number of amides is 2. The van der Waals surface area contributed by atoms with E-state index in [1.54, 1.807) is 25.1 Å². The Morgan fingerprint density at radius 2 is 1.58 bits per heavy atom. The molecular formula is C18H18F2N2O2. The van der Waals surface area contributed by atoms with E-state index in [1.165, 1.54) is 18.2 Å². The summed E-state index contributed by atoms with van der Waals surface area (Å²) in [6, 6.07) is 9.77. The number of aryl methyl sites for hydroxylation is 1. The second-order valence-corrected chi connectivity index (χ2v) is 5.43. The van der Waals surface area contributed by atoms with E-state index in [0.717, 1.165) is 6.07 Å². The molecule has 0 aliphatic heterocycles. The maximum absolute atomic E-state index is 13.3. The summed E-state index contributed by atoms with van der Waals surface area (Å²) in [7, 11) is 0. The minimum absolute atomic E-state index is 0.136. The molecule has 0 unspecified atom stereocenters.